The number of hydrogen-bond donors (Lipinski definition) is 2. The number of anilines is 1. The number of hydrogen-bond acceptors (Lipinski definition) is 5. The zero-order valence-electron chi connectivity index (χ0n) is 17.1. The molecule has 0 radical (unpaired) electrons. The Morgan fingerprint density at radius 2 is 2.03 bits per heavy atom. The Hall–Kier alpha value is -2.93. The van der Waals surface area contributed by atoms with Gasteiger partial charge in [0.1, 0.15) is 24.2 Å². The fraction of sp³-hybridized carbons (Fsp3) is 0.391. The second kappa shape index (κ2) is 7.40. The molecule has 2 N–H and O–H groups in total. The third kappa shape index (κ3) is 3.04. The van der Waals surface area contributed by atoms with E-state index in [1.807, 2.05) is 30.0 Å². The van der Waals surface area contributed by atoms with Crippen molar-refractivity contribution < 1.29 is 13.9 Å². The highest BCUT2D eigenvalue weighted by Crippen LogP contribution is 2.45. The van der Waals surface area contributed by atoms with Crippen LogP contribution in [-0.2, 0) is 4.79 Å². The first-order valence-electron chi connectivity index (χ1n) is 10.5. The van der Waals surface area contributed by atoms with Crippen molar-refractivity contribution in [2.45, 2.75) is 32.2 Å². The third-order valence-electron chi connectivity index (χ3n) is 6.44. The zero-order valence-corrected chi connectivity index (χ0v) is 17.1. The predicted octanol–water partition coefficient (Wildman–Crippen LogP) is 3.24. The van der Waals surface area contributed by atoms with Gasteiger partial charge in [-0.05, 0) is 67.6 Å². The monoisotopic (exact) mass is 408 g/mol. The van der Waals surface area contributed by atoms with Crippen LogP contribution in [-0.4, -0.2) is 37.5 Å². The van der Waals surface area contributed by atoms with Crippen molar-refractivity contribution >= 4 is 17.4 Å². The molecule has 6 nitrogen and oxygen atoms in total. The summed E-state index contributed by atoms with van der Waals surface area (Å²) in [6.45, 7) is 6.19. The van der Waals surface area contributed by atoms with Gasteiger partial charge >= 0.3 is 0 Å². The summed E-state index contributed by atoms with van der Waals surface area (Å²) in [5.74, 6) is 1.62. The fourth-order valence-electron chi connectivity index (χ4n) is 4.78. The van der Waals surface area contributed by atoms with Crippen molar-refractivity contribution in [1.29, 1.82) is 0 Å². The summed E-state index contributed by atoms with van der Waals surface area (Å²) in [6, 6.07) is 10.5. The maximum absolute atomic E-state index is 14.8. The van der Waals surface area contributed by atoms with Crippen LogP contribution in [0.15, 0.2) is 41.5 Å². The average Bonchev–Trinajstić information content (AvgIpc) is 2.76. The molecule has 1 amide bonds. The van der Waals surface area contributed by atoms with E-state index in [0.29, 0.717) is 23.1 Å². The molecular weight excluding hydrogens is 383 g/mol. The molecule has 3 heterocycles. The Labute approximate surface area is 175 Å². The van der Waals surface area contributed by atoms with Crippen molar-refractivity contribution in [2.75, 3.05) is 24.6 Å². The molecule has 3 atom stereocenters. The molecule has 5 rings (SSSR count). The van der Waals surface area contributed by atoms with Crippen LogP contribution in [0.4, 0.5) is 10.1 Å². The van der Waals surface area contributed by atoms with E-state index >= 15 is 0 Å². The minimum atomic E-state index is -0.391. The van der Waals surface area contributed by atoms with Crippen LogP contribution in [0.5, 0.6) is 5.75 Å². The highest BCUT2D eigenvalue weighted by Gasteiger charge is 2.37. The Kier molecular flexibility index (Phi) is 4.70. The van der Waals surface area contributed by atoms with Crippen LogP contribution in [0.2, 0.25) is 0 Å². The molecule has 0 aliphatic carbocycles. The lowest BCUT2D eigenvalue weighted by Crippen LogP contribution is -2.55. The van der Waals surface area contributed by atoms with Crippen LogP contribution in [0.3, 0.4) is 0 Å². The highest BCUT2D eigenvalue weighted by molar-refractivity contribution is 6.09. The number of carbonyl (C=O) groups excluding carboxylic acids is 1. The Balaban J connectivity index is 1.71. The van der Waals surface area contributed by atoms with Crippen LogP contribution in [0, 0.1) is 11.7 Å². The van der Waals surface area contributed by atoms with Crippen molar-refractivity contribution in [3.8, 4) is 16.9 Å². The van der Waals surface area contributed by atoms with Gasteiger partial charge in [-0.15, -0.1) is 0 Å². The summed E-state index contributed by atoms with van der Waals surface area (Å²) in [5.41, 5.74) is 5.92. The standard InChI is InChI=1S/C23H25FN4O2/c1-13-11-25-8-7-15(13)17-9-20-21(10-18(17)16-5-3-4-6-19(16)24)30-12-22-26-27-23(29)14(2)28(20)22/h3-6,9-10,13-15,25H,7-8,11-12H2,1-2H3,(H,27,29)/t13?,14-,15?/m1/s1. The van der Waals surface area contributed by atoms with Gasteiger partial charge in [0.05, 0.1) is 5.69 Å². The number of halogens is 1. The van der Waals surface area contributed by atoms with Crippen molar-refractivity contribution in [1.82, 2.24) is 10.7 Å². The summed E-state index contributed by atoms with van der Waals surface area (Å²) in [7, 11) is 0. The molecule has 30 heavy (non-hydrogen) atoms. The number of piperidine rings is 1. The largest absolute Gasteiger partial charge is 0.483 e. The average molecular weight is 408 g/mol. The van der Waals surface area contributed by atoms with E-state index in [0.717, 1.165) is 36.3 Å². The lowest BCUT2D eigenvalue weighted by Gasteiger charge is -2.39. The normalized spacial score (nSPS) is 25.6. The molecule has 156 valence electrons. The summed E-state index contributed by atoms with van der Waals surface area (Å²) in [6.07, 6.45) is 0.971. The molecule has 2 aromatic rings. The van der Waals surface area contributed by atoms with Gasteiger partial charge in [-0.3, -0.25) is 4.79 Å². The number of hydrazone groups is 1. The molecule has 3 aliphatic heterocycles. The first kappa shape index (κ1) is 19.1. The maximum Gasteiger partial charge on any atom is 0.262 e. The van der Waals surface area contributed by atoms with Crippen LogP contribution >= 0.6 is 0 Å². The minimum absolute atomic E-state index is 0.151. The number of nitrogens with zero attached hydrogens (tertiary/aromatic N) is 2. The first-order valence-corrected chi connectivity index (χ1v) is 10.5. The number of amides is 1. The second-order valence-electron chi connectivity index (χ2n) is 8.30. The van der Waals surface area contributed by atoms with E-state index in [1.54, 1.807) is 6.07 Å². The molecule has 2 unspecified atom stereocenters. The molecule has 1 fully saturated rings. The number of benzene rings is 2. The number of nitrogens with one attached hydrogen (secondary N) is 2. The van der Waals surface area contributed by atoms with Gasteiger partial charge in [-0.25, -0.2) is 9.82 Å². The van der Waals surface area contributed by atoms with Gasteiger partial charge in [0, 0.05) is 5.56 Å². The Morgan fingerprint density at radius 3 is 2.83 bits per heavy atom. The van der Waals surface area contributed by atoms with E-state index in [2.05, 4.69) is 28.8 Å². The first-order chi connectivity index (χ1) is 14.5. The zero-order chi connectivity index (χ0) is 20.8. The van der Waals surface area contributed by atoms with Crippen molar-refractivity contribution in [3.63, 3.8) is 0 Å². The summed E-state index contributed by atoms with van der Waals surface area (Å²) < 4.78 is 20.8. The van der Waals surface area contributed by atoms with Crippen molar-refractivity contribution in [2.24, 2.45) is 11.0 Å². The Bertz CT molecular complexity index is 1040. The van der Waals surface area contributed by atoms with E-state index < -0.39 is 6.04 Å². The van der Waals surface area contributed by atoms with Crippen molar-refractivity contribution in [3.05, 3.63) is 47.8 Å². The van der Waals surface area contributed by atoms with Gasteiger partial charge in [0.15, 0.2) is 5.84 Å². The van der Waals surface area contributed by atoms with Gasteiger partial charge in [-0.1, -0.05) is 25.1 Å². The van der Waals surface area contributed by atoms with Gasteiger partial charge in [-0.2, -0.15) is 5.10 Å². The van der Waals surface area contributed by atoms with Gasteiger partial charge in [0.25, 0.3) is 5.91 Å². The molecule has 7 heteroatoms. The van der Waals surface area contributed by atoms with Gasteiger partial charge in [0.2, 0.25) is 0 Å². The molecule has 0 spiro atoms. The Morgan fingerprint density at radius 1 is 1.20 bits per heavy atom. The lowest BCUT2D eigenvalue weighted by molar-refractivity contribution is -0.122. The molecule has 1 saturated heterocycles. The smallest absolute Gasteiger partial charge is 0.262 e. The predicted molar refractivity (Wildman–Crippen MR) is 114 cm³/mol. The number of rotatable bonds is 2. The minimum Gasteiger partial charge on any atom is -0.483 e. The lowest BCUT2D eigenvalue weighted by atomic mass is 9.78. The SMILES string of the molecule is CC1CNCCC1c1cc2c(cc1-c1ccccc1F)OCC1=NNC(=O)[C@@H](C)N12. The molecule has 0 bridgehead atoms. The summed E-state index contributed by atoms with van der Waals surface area (Å²) in [4.78, 5) is 14.2. The number of fused-ring (bicyclic) bond motifs is 3. The highest BCUT2D eigenvalue weighted by atomic mass is 19.1. The third-order valence-corrected chi connectivity index (χ3v) is 6.44. The van der Waals surface area contributed by atoms with Crippen LogP contribution in [0.1, 0.15) is 31.7 Å². The summed E-state index contributed by atoms with van der Waals surface area (Å²) in [5, 5.41) is 7.63. The molecule has 0 saturated carbocycles. The van der Waals surface area contributed by atoms with Crippen LogP contribution in [0.25, 0.3) is 11.1 Å². The number of amidine groups is 1. The topological polar surface area (TPSA) is 66.0 Å². The number of carbonyl (C=O) groups is 1. The maximum atomic E-state index is 14.8. The van der Waals surface area contributed by atoms with E-state index in [1.165, 1.54) is 6.07 Å². The van der Waals surface area contributed by atoms with E-state index in [9.17, 15) is 9.18 Å². The fourth-order valence-corrected chi connectivity index (χ4v) is 4.78. The van der Waals surface area contributed by atoms with E-state index in [4.69, 9.17) is 4.74 Å². The molecular formula is C23H25FN4O2. The molecule has 0 aromatic heterocycles. The molecule has 3 aliphatic rings. The van der Waals surface area contributed by atoms with Crippen LogP contribution < -0.4 is 20.4 Å². The number of ether oxygens (including phenoxy) is 1. The molecule has 2 aromatic carbocycles. The van der Waals surface area contributed by atoms with Gasteiger partial charge < -0.3 is 15.0 Å². The second-order valence-corrected chi connectivity index (χ2v) is 8.30. The quantitative estimate of drug-likeness (QED) is 0.801. The van der Waals surface area contributed by atoms with E-state index in [-0.39, 0.29) is 24.2 Å². The summed E-state index contributed by atoms with van der Waals surface area (Å²) >= 11 is 0.